The summed E-state index contributed by atoms with van der Waals surface area (Å²) in [6.45, 7) is 4.25. The van der Waals surface area contributed by atoms with Gasteiger partial charge < -0.3 is 0 Å². The molecule has 0 N–H and O–H groups in total. The van der Waals surface area contributed by atoms with Gasteiger partial charge in [0.1, 0.15) is 10.7 Å². The fourth-order valence-corrected chi connectivity index (χ4v) is 4.80. The smallest absolute Gasteiger partial charge is 0.208 e. The zero-order valence-electron chi connectivity index (χ0n) is 13.7. The van der Waals surface area contributed by atoms with Crippen LogP contribution in [0.4, 0.5) is 0 Å². The van der Waals surface area contributed by atoms with E-state index in [9.17, 15) is 0 Å². The molecule has 3 rings (SSSR count). The summed E-state index contributed by atoms with van der Waals surface area (Å²) in [7, 11) is 0. The first kappa shape index (κ1) is 18.2. The van der Waals surface area contributed by atoms with E-state index in [2.05, 4.69) is 13.8 Å². The fraction of sp³-hybridized carbons (Fsp3) is 0.529. The van der Waals surface area contributed by atoms with Crippen LogP contribution < -0.4 is 4.80 Å². The molecule has 1 saturated carbocycles. The van der Waals surface area contributed by atoms with Crippen molar-refractivity contribution in [2.45, 2.75) is 57.9 Å². The van der Waals surface area contributed by atoms with E-state index < -0.39 is 0 Å². The fourth-order valence-electron chi connectivity index (χ4n) is 2.86. The van der Waals surface area contributed by atoms with E-state index in [0.717, 1.165) is 22.7 Å². The summed E-state index contributed by atoms with van der Waals surface area (Å²) >= 11 is 20.5. The Morgan fingerprint density at radius 1 is 1.12 bits per heavy atom. The molecular formula is C17H20Cl3N3S. The molecule has 0 bridgehead atoms. The minimum absolute atomic E-state index is 0.321. The quantitative estimate of drug-likeness (QED) is 0.594. The van der Waals surface area contributed by atoms with Crippen LogP contribution in [0.5, 0.6) is 0 Å². The van der Waals surface area contributed by atoms with E-state index in [4.69, 9.17) is 44.9 Å². The molecule has 0 radical (unpaired) electrons. The second-order valence-electron chi connectivity index (χ2n) is 6.43. The van der Waals surface area contributed by atoms with Crippen LogP contribution in [0.25, 0.3) is 5.69 Å². The summed E-state index contributed by atoms with van der Waals surface area (Å²) in [5, 5.41) is 7.23. The molecule has 130 valence electrons. The molecule has 1 aliphatic rings. The Bertz CT molecular complexity index is 766. The molecule has 7 heteroatoms. The van der Waals surface area contributed by atoms with Crippen LogP contribution in [0, 0.1) is 0 Å². The van der Waals surface area contributed by atoms with Crippen LogP contribution in [-0.4, -0.2) is 15.8 Å². The van der Waals surface area contributed by atoms with E-state index in [1.807, 2.05) is 0 Å². The van der Waals surface area contributed by atoms with Crippen molar-refractivity contribution in [2.24, 2.45) is 4.99 Å². The van der Waals surface area contributed by atoms with Crippen LogP contribution in [-0.2, 0) is 0 Å². The monoisotopic (exact) mass is 403 g/mol. The summed E-state index contributed by atoms with van der Waals surface area (Å²) in [6.07, 6.45) is 6.06. The maximum atomic E-state index is 6.41. The molecule has 3 nitrogen and oxygen atoms in total. The standard InChI is InChI=1S/C17H20Cl3N3S/c1-10(2)16-22-23(15-13(19)8-11(18)9-14(15)20)17(24-16)21-12-6-4-3-5-7-12/h8-10,12H,3-7H2,1-2H3. The van der Waals surface area contributed by atoms with Gasteiger partial charge in [-0.05, 0) is 25.0 Å². The highest BCUT2D eigenvalue weighted by atomic mass is 35.5. The second kappa shape index (κ2) is 7.77. The normalized spacial score (nSPS) is 17.0. The Kier molecular flexibility index (Phi) is 5.91. The molecule has 1 aliphatic carbocycles. The Morgan fingerprint density at radius 3 is 2.33 bits per heavy atom. The summed E-state index contributed by atoms with van der Waals surface area (Å²) in [5.74, 6) is 0.321. The molecule has 0 atom stereocenters. The molecule has 1 heterocycles. The van der Waals surface area contributed by atoms with Gasteiger partial charge in [-0.25, -0.2) is 4.68 Å². The van der Waals surface area contributed by atoms with Crippen molar-refractivity contribution in [3.63, 3.8) is 0 Å². The SMILES string of the molecule is CC(C)c1nn(-c2c(Cl)cc(Cl)cc2Cl)c(=NC2CCCCC2)s1. The molecular weight excluding hydrogens is 385 g/mol. The van der Waals surface area contributed by atoms with Crippen molar-refractivity contribution in [2.75, 3.05) is 0 Å². The van der Waals surface area contributed by atoms with Crippen molar-refractivity contribution < 1.29 is 0 Å². The number of hydrogen-bond acceptors (Lipinski definition) is 3. The van der Waals surface area contributed by atoms with Gasteiger partial charge in [-0.2, -0.15) is 5.10 Å². The van der Waals surface area contributed by atoms with Gasteiger partial charge in [-0.1, -0.05) is 79.2 Å². The molecule has 0 spiro atoms. The predicted molar refractivity (Wildman–Crippen MR) is 103 cm³/mol. The average molecular weight is 405 g/mol. The van der Waals surface area contributed by atoms with Gasteiger partial charge in [0.05, 0.1) is 16.1 Å². The summed E-state index contributed by atoms with van der Waals surface area (Å²) < 4.78 is 1.79. The molecule has 0 amide bonds. The predicted octanol–water partition coefficient (Wildman–Crippen LogP) is 6.25. The zero-order valence-corrected chi connectivity index (χ0v) is 16.8. The first-order valence-electron chi connectivity index (χ1n) is 8.24. The minimum atomic E-state index is 0.321. The molecule has 1 aromatic carbocycles. The Morgan fingerprint density at radius 2 is 1.75 bits per heavy atom. The van der Waals surface area contributed by atoms with Crippen molar-refractivity contribution in [3.05, 3.63) is 37.0 Å². The molecule has 0 saturated heterocycles. The van der Waals surface area contributed by atoms with E-state index in [1.54, 1.807) is 28.2 Å². The van der Waals surface area contributed by atoms with Gasteiger partial charge in [0.25, 0.3) is 0 Å². The van der Waals surface area contributed by atoms with Crippen LogP contribution in [0.1, 0.15) is 56.9 Å². The highest BCUT2D eigenvalue weighted by molar-refractivity contribution is 7.08. The highest BCUT2D eigenvalue weighted by Gasteiger charge is 2.18. The van der Waals surface area contributed by atoms with Crippen LogP contribution in [0.2, 0.25) is 15.1 Å². The largest absolute Gasteiger partial charge is 0.254 e. The maximum absolute atomic E-state index is 6.41. The highest BCUT2D eigenvalue weighted by Crippen LogP contribution is 2.32. The lowest BCUT2D eigenvalue weighted by molar-refractivity contribution is 0.435. The number of nitrogens with zero attached hydrogens (tertiary/aromatic N) is 3. The number of hydrogen-bond donors (Lipinski definition) is 0. The molecule has 0 aliphatic heterocycles. The third kappa shape index (κ3) is 3.98. The van der Waals surface area contributed by atoms with Crippen LogP contribution in [0.3, 0.4) is 0 Å². The lowest BCUT2D eigenvalue weighted by atomic mass is 9.96. The van der Waals surface area contributed by atoms with Gasteiger partial charge >= 0.3 is 0 Å². The average Bonchev–Trinajstić information content (AvgIpc) is 2.91. The third-order valence-corrected chi connectivity index (χ3v) is 6.15. The minimum Gasteiger partial charge on any atom is -0.254 e. The van der Waals surface area contributed by atoms with Crippen molar-refractivity contribution in [1.82, 2.24) is 9.78 Å². The molecule has 1 fully saturated rings. The van der Waals surface area contributed by atoms with Crippen molar-refractivity contribution >= 4 is 46.1 Å². The van der Waals surface area contributed by atoms with Crippen molar-refractivity contribution in [1.29, 1.82) is 0 Å². The first-order valence-corrected chi connectivity index (χ1v) is 10.2. The Balaban J connectivity index is 2.15. The molecule has 0 unspecified atom stereocenters. The first-order chi connectivity index (χ1) is 11.5. The zero-order chi connectivity index (χ0) is 17.3. The third-order valence-electron chi connectivity index (χ3n) is 4.13. The lowest BCUT2D eigenvalue weighted by Crippen LogP contribution is -2.20. The number of aromatic nitrogens is 2. The summed E-state index contributed by atoms with van der Waals surface area (Å²) in [6, 6.07) is 3.74. The summed E-state index contributed by atoms with van der Waals surface area (Å²) in [4.78, 5) is 5.83. The van der Waals surface area contributed by atoms with Gasteiger partial charge in [-0.15, -0.1) is 0 Å². The molecule has 2 aromatic rings. The second-order valence-corrected chi connectivity index (χ2v) is 8.67. The van der Waals surface area contributed by atoms with Gasteiger partial charge in [0.2, 0.25) is 4.80 Å². The maximum Gasteiger partial charge on any atom is 0.208 e. The van der Waals surface area contributed by atoms with E-state index in [0.29, 0.717) is 32.7 Å². The Hall–Kier alpha value is -0.550. The van der Waals surface area contributed by atoms with E-state index in [-0.39, 0.29) is 0 Å². The van der Waals surface area contributed by atoms with Crippen LogP contribution >= 0.6 is 46.1 Å². The summed E-state index contributed by atoms with van der Waals surface area (Å²) in [5.41, 5.74) is 0.653. The van der Waals surface area contributed by atoms with Gasteiger partial charge in [0.15, 0.2) is 0 Å². The number of rotatable bonds is 3. The number of benzene rings is 1. The topological polar surface area (TPSA) is 30.2 Å². The van der Waals surface area contributed by atoms with Gasteiger partial charge in [0, 0.05) is 10.9 Å². The molecule has 1 aromatic heterocycles. The van der Waals surface area contributed by atoms with Gasteiger partial charge in [-0.3, -0.25) is 4.99 Å². The number of halogens is 3. The van der Waals surface area contributed by atoms with E-state index >= 15 is 0 Å². The van der Waals surface area contributed by atoms with Crippen molar-refractivity contribution in [3.8, 4) is 5.69 Å². The molecule has 24 heavy (non-hydrogen) atoms. The van der Waals surface area contributed by atoms with E-state index in [1.165, 1.54) is 19.3 Å². The lowest BCUT2D eigenvalue weighted by Gasteiger charge is -2.17. The Labute approximate surface area is 161 Å². The van der Waals surface area contributed by atoms with Crippen LogP contribution in [0.15, 0.2) is 17.1 Å².